The van der Waals surface area contributed by atoms with E-state index >= 15 is 0 Å². The zero-order valence-electron chi connectivity index (χ0n) is 16.2. The molecule has 9 heteroatoms. The highest BCUT2D eigenvalue weighted by atomic mass is 32.1. The first kappa shape index (κ1) is 18.9. The predicted octanol–water partition coefficient (Wildman–Crippen LogP) is 3.29. The molecule has 0 saturated heterocycles. The third-order valence-corrected chi connectivity index (χ3v) is 5.50. The summed E-state index contributed by atoms with van der Waals surface area (Å²) in [6, 6.07) is 13.3. The number of aryl methyl sites for hydroxylation is 2. The lowest BCUT2D eigenvalue weighted by atomic mass is 10.2. The molecule has 0 spiro atoms. The molecule has 0 aliphatic carbocycles. The molecule has 1 aromatic carbocycles. The molecule has 0 saturated carbocycles. The molecule has 0 bridgehead atoms. The van der Waals surface area contributed by atoms with Crippen LogP contribution in [0.25, 0.3) is 16.3 Å². The fraction of sp³-hybridized carbons (Fsp3) is 0.200. The Hall–Kier alpha value is -3.46. The van der Waals surface area contributed by atoms with Crippen molar-refractivity contribution < 1.29 is 4.79 Å². The van der Waals surface area contributed by atoms with E-state index in [-0.39, 0.29) is 17.6 Å². The van der Waals surface area contributed by atoms with E-state index in [0.29, 0.717) is 0 Å². The summed E-state index contributed by atoms with van der Waals surface area (Å²) in [5, 5.41) is 20.9. The molecular formula is C20H19N7OS. The van der Waals surface area contributed by atoms with Gasteiger partial charge in [-0.3, -0.25) is 9.78 Å². The predicted molar refractivity (Wildman–Crippen MR) is 110 cm³/mol. The minimum Gasteiger partial charge on any atom is -0.342 e. The molecular weight excluding hydrogens is 386 g/mol. The molecule has 3 heterocycles. The van der Waals surface area contributed by atoms with Gasteiger partial charge < -0.3 is 5.32 Å². The molecule has 0 fully saturated rings. The van der Waals surface area contributed by atoms with Gasteiger partial charge in [0.15, 0.2) is 5.69 Å². The lowest BCUT2D eigenvalue weighted by molar-refractivity contribution is 0.0934. The van der Waals surface area contributed by atoms with Gasteiger partial charge in [0.25, 0.3) is 5.91 Å². The Bertz CT molecular complexity index is 1150. The monoisotopic (exact) mass is 405 g/mol. The second-order valence-electron chi connectivity index (χ2n) is 6.61. The summed E-state index contributed by atoms with van der Waals surface area (Å²) in [6.45, 7) is 5.69. The lowest BCUT2D eigenvalue weighted by Crippen LogP contribution is -2.26. The van der Waals surface area contributed by atoms with E-state index in [4.69, 9.17) is 0 Å². The average molecular weight is 405 g/mol. The lowest BCUT2D eigenvalue weighted by Gasteiger charge is -2.08. The van der Waals surface area contributed by atoms with E-state index in [0.717, 1.165) is 32.7 Å². The number of benzene rings is 1. The summed E-state index contributed by atoms with van der Waals surface area (Å²) >= 11 is 1.45. The van der Waals surface area contributed by atoms with Crippen molar-refractivity contribution in [1.82, 2.24) is 35.5 Å². The fourth-order valence-electron chi connectivity index (χ4n) is 2.85. The van der Waals surface area contributed by atoms with Crippen molar-refractivity contribution in [1.29, 1.82) is 0 Å². The SMILES string of the molecule is Cc1ccc(-n2cc(C(=O)N[C@H](C)c3nnc(-c4ccccc4)s3)nn2)c(C)n1. The number of pyridine rings is 1. The number of hydrogen-bond donors (Lipinski definition) is 1. The van der Waals surface area contributed by atoms with Crippen molar-refractivity contribution >= 4 is 17.2 Å². The molecule has 29 heavy (non-hydrogen) atoms. The normalized spacial score (nSPS) is 12.0. The van der Waals surface area contributed by atoms with Crippen LogP contribution in [0.5, 0.6) is 0 Å². The molecule has 3 aromatic heterocycles. The molecule has 0 radical (unpaired) electrons. The minimum absolute atomic E-state index is 0.227. The van der Waals surface area contributed by atoms with Crippen LogP contribution in [-0.4, -0.2) is 36.1 Å². The number of carbonyl (C=O) groups is 1. The summed E-state index contributed by atoms with van der Waals surface area (Å²) in [5.74, 6) is -0.321. The largest absolute Gasteiger partial charge is 0.342 e. The van der Waals surface area contributed by atoms with Crippen molar-refractivity contribution in [3.63, 3.8) is 0 Å². The van der Waals surface area contributed by atoms with Crippen molar-refractivity contribution in [3.8, 4) is 16.3 Å². The van der Waals surface area contributed by atoms with Crippen LogP contribution in [0.15, 0.2) is 48.7 Å². The van der Waals surface area contributed by atoms with Crippen LogP contribution in [-0.2, 0) is 0 Å². The highest BCUT2D eigenvalue weighted by molar-refractivity contribution is 7.14. The average Bonchev–Trinajstić information content (AvgIpc) is 3.39. The summed E-state index contributed by atoms with van der Waals surface area (Å²) in [7, 11) is 0. The maximum absolute atomic E-state index is 12.6. The van der Waals surface area contributed by atoms with Crippen LogP contribution in [0, 0.1) is 13.8 Å². The Morgan fingerprint density at radius 2 is 1.86 bits per heavy atom. The van der Waals surface area contributed by atoms with E-state index < -0.39 is 0 Å². The Balaban J connectivity index is 1.47. The second-order valence-corrected chi connectivity index (χ2v) is 7.62. The molecule has 1 N–H and O–H groups in total. The van der Waals surface area contributed by atoms with Gasteiger partial charge >= 0.3 is 0 Å². The zero-order valence-corrected chi connectivity index (χ0v) is 17.0. The van der Waals surface area contributed by atoms with Crippen molar-refractivity contribution in [2.24, 2.45) is 0 Å². The summed E-state index contributed by atoms with van der Waals surface area (Å²) in [6.07, 6.45) is 1.59. The number of aromatic nitrogens is 6. The summed E-state index contributed by atoms with van der Waals surface area (Å²) in [5.41, 5.74) is 3.75. The Morgan fingerprint density at radius 3 is 2.62 bits per heavy atom. The van der Waals surface area contributed by atoms with Crippen LogP contribution in [0.2, 0.25) is 0 Å². The molecule has 1 atom stereocenters. The molecule has 146 valence electrons. The molecule has 1 amide bonds. The first-order chi connectivity index (χ1) is 14.0. The van der Waals surface area contributed by atoms with Crippen LogP contribution < -0.4 is 5.32 Å². The molecule has 0 unspecified atom stereocenters. The third-order valence-electron chi connectivity index (χ3n) is 4.35. The molecule has 8 nitrogen and oxygen atoms in total. The number of carbonyl (C=O) groups excluding carboxylic acids is 1. The van der Waals surface area contributed by atoms with Crippen LogP contribution in [0.1, 0.15) is 39.8 Å². The Kier molecular flexibility index (Phi) is 5.13. The smallest absolute Gasteiger partial charge is 0.274 e. The van der Waals surface area contributed by atoms with Crippen LogP contribution in [0.3, 0.4) is 0 Å². The van der Waals surface area contributed by atoms with Crippen molar-refractivity contribution in [2.45, 2.75) is 26.8 Å². The third kappa shape index (κ3) is 4.04. The van der Waals surface area contributed by atoms with E-state index in [2.05, 4.69) is 30.8 Å². The topological polar surface area (TPSA) is 98.5 Å². The van der Waals surface area contributed by atoms with Crippen molar-refractivity contribution in [2.75, 3.05) is 0 Å². The van der Waals surface area contributed by atoms with Gasteiger partial charge in [-0.2, -0.15) is 0 Å². The van der Waals surface area contributed by atoms with Gasteiger partial charge in [0.05, 0.1) is 23.6 Å². The molecule has 4 aromatic rings. The maximum atomic E-state index is 12.6. The number of amides is 1. The molecule has 4 rings (SSSR count). The quantitative estimate of drug-likeness (QED) is 0.547. The second kappa shape index (κ2) is 7.88. The molecule has 0 aliphatic rings. The van der Waals surface area contributed by atoms with E-state index in [1.807, 2.05) is 63.2 Å². The van der Waals surface area contributed by atoms with E-state index in [1.165, 1.54) is 11.3 Å². The van der Waals surface area contributed by atoms with Crippen molar-refractivity contribution in [3.05, 3.63) is 70.8 Å². The minimum atomic E-state index is -0.321. The summed E-state index contributed by atoms with van der Waals surface area (Å²) in [4.78, 5) is 17.0. The van der Waals surface area contributed by atoms with Gasteiger partial charge in [0.1, 0.15) is 10.0 Å². The zero-order chi connectivity index (χ0) is 20.4. The fourth-order valence-corrected chi connectivity index (χ4v) is 3.70. The standard InChI is InChI=1S/C20H19N7OS/c1-12-9-10-17(13(2)21-12)27-11-16(23-26-27)18(28)22-14(3)19-24-25-20(29-19)15-7-5-4-6-8-15/h4-11,14H,1-3H3,(H,22,28)/t14-/m1/s1. The first-order valence-corrected chi connectivity index (χ1v) is 9.89. The maximum Gasteiger partial charge on any atom is 0.274 e. The van der Waals surface area contributed by atoms with Gasteiger partial charge in [-0.25, -0.2) is 4.68 Å². The van der Waals surface area contributed by atoms with Crippen LogP contribution >= 0.6 is 11.3 Å². The van der Waals surface area contributed by atoms with Crippen LogP contribution in [0.4, 0.5) is 0 Å². The van der Waals surface area contributed by atoms with E-state index in [1.54, 1.807) is 10.9 Å². The number of nitrogens with one attached hydrogen (secondary N) is 1. The molecule has 0 aliphatic heterocycles. The number of rotatable bonds is 5. The number of nitrogens with zero attached hydrogens (tertiary/aromatic N) is 6. The highest BCUT2D eigenvalue weighted by Gasteiger charge is 2.19. The Labute approximate surface area is 171 Å². The first-order valence-electron chi connectivity index (χ1n) is 9.08. The van der Waals surface area contributed by atoms with Gasteiger partial charge in [-0.05, 0) is 32.9 Å². The van der Waals surface area contributed by atoms with Gasteiger partial charge in [-0.1, -0.05) is 46.9 Å². The Morgan fingerprint density at radius 1 is 1.07 bits per heavy atom. The highest BCUT2D eigenvalue weighted by Crippen LogP contribution is 2.26. The summed E-state index contributed by atoms with van der Waals surface area (Å²) < 4.78 is 1.56. The van der Waals surface area contributed by atoms with Gasteiger partial charge in [0.2, 0.25) is 0 Å². The van der Waals surface area contributed by atoms with Gasteiger partial charge in [0, 0.05) is 11.3 Å². The van der Waals surface area contributed by atoms with Gasteiger partial charge in [-0.15, -0.1) is 15.3 Å². The van der Waals surface area contributed by atoms with E-state index in [9.17, 15) is 4.79 Å². The number of hydrogen-bond acceptors (Lipinski definition) is 7.